The largest absolute Gasteiger partial charge is 0.443 e. The fourth-order valence-corrected chi connectivity index (χ4v) is 1.38. The highest BCUT2D eigenvalue weighted by atomic mass is 16.4. The summed E-state index contributed by atoms with van der Waals surface area (Å²) in [7, 11) is 1.79. The Kier molecular flexibility index (Phi) is 4.10. The summed E-state index contributed by atoms with van der Waals surface area (Å²) >= 11 is 0. The Hall–Kier alpha value is -0.870. The molecule has 0 aliphatic heterocycles. The molecular weight excluding hydrogens is 180 g/mol. The minimum atomic E-state index is -0.599. The first-order valence-corrected chi connectivity index (χ1v) is 4.97. The number of nitrogens with one attached hydrogen (secondary N) is 1. The first-order valence-electron chi connectivity index (χ1n) is 4.97. The summed E-state index contributed by atoms with van der Waals surface area (Å²) in [5.41, 5.74) is 0.788. The zero-order chi connectivity index (χ0) is 10.6. The minimum absolute atomic E-state index is 0.488. The molecule has 0 radical (unpaired) electrons. The fraction of sp³-hybridized carbons (Fsp3) is 0.700. The zero-order valence-electron chi connectivity index (χ0n) is 9.00. The molecule has 2 N–H and O–H groups in total. The highest BCUT2D eigenvalue weighted by molar-refractivity contribution is 5.11. The first kappa shape index (κ1) is 11.2. The Morgan fingerprint density at radius 1 is 1.57 bits per heavy atom. The molecule has 1 unspecified atom stereocenters. The normalized spacial score (nSPS) is 13.1. The molecule has 0 fully saturated rings. The van der Waals surface area contributed by atoms with Crippen molar-refractivity contribution in [3.63, 3.8) is 0 Å². The molecule has 1 rings (SSSR count). The molecule has 1 atom stereocenters. The fourth-order valence-electron chi connectivity index (χ4n) is 1.38. The van der Waals surface area contributed by atoms with Gasteiger partial charge in [-0.2, -0.15) is 0 Å². The molecule has 0 aliphatic carbocycles. The van der Waals surface area contributed by atoms with Crippen LogP contribution in [-0.4, -0.2) is 23.7 Å². The smallest absolute Gasteiger partial charge is 0.194 e. The topological polar surface area (TPSA) is 58.3 Å². The number of oxazole rings is 1. The van der Waals surface area contributed by atoms with Gasteiger partial charge in [-0.25, -0.2) is 4.98 Å². The number of rotatable bonds is 5. The number of hydrogen-bond acceptors (Lipinski definition) is 4. The van der Waals surface area contributed by atoms with Crippen LogP contribution in [0.1, 0.15) is 36.8 Å². The Bertz CT molecular complexity index is 284. The SMILES string of the molecule is CCCc1nc(C)c(C(O)CNC)o1. The maximum atomic E-state index is 9.69. The van der Waals surface area contributed by atoms with E-state index in [4.69, 9.17) is 4.42 Å². The molecule has 0 aromatic carbocycles. The molecule has 80 valence electrons. The predicted molar refractivity (Wildman–Crippen MR) is 54.1 cm³/mol. The summed E-state index contributed by atoms with van der Waals surface area (Å²) in [5.74, 6) is 1.30. The van der Waals surface area contributed by atoms with Gasteiger partial charge in [0.1, 0.15) is 6.10 Å². The average Bonchev–Trinajstić information content (AvgIpc) is 2.48. The number of aliphatic hydroxyl groups is 1. The Morgan fingerprint density at radius 2 is 2.29 bits per heavy atom. The quantitative estimate of drug-likeness (QED) is 0.746. The molecule has 4 heteroatoms. The van der Waals surface area contributed by atoms with Crippen LogP contribution in [0, 0.1) is 6.92 Å². The van der Waals surface area contributed by atoms with E-state index >= 15 is 0 Å². The Balaban J connectivity index is 2.75. The Morgan fingerprint density at radius 3 is 2.86 bits per heavy atom. The summed E-state index contributed by atoms with van der Waals surface area (Å²) in [6, 6.07) is 0. The summed E-state index contributed by atoms with van der Waals surface area (Å²) < 4.78 is 5.47. The van der Waals surface area contributed by atoms with E-state index in [2.05, 4.69) is 17.2 Å². The molecule has 0 amide bonds. The molecule has 1 heterocycles. The highest BCUT2D eigenvalue weighted by Gasteiger charge is 2.16. The van der Waals surface area contributed by atoms with Crippen molar-refractivity contribution in [3.8, 4) is 0 Å². The second kappa shape index (κ2) is 5.12. The van der Waals surface area contributed by atoms with Crippen molar-refractivity contribution < 1.29 is 9.52 Å². The van der Waals surface area contributed by atoms with E-state index in [0.717, 1.165) is 24.4 Å². The number of likely N-dealkylation sites (N-methyl/N-ethyl adjacent to an activating group) is 1. The lowest BCUT2D eigenvalue weighted by molar-refractivity contribution is 0.147. The van der Waals surface area contributed by atoms with E-state index in [-0.39, 0.29) is 0 Å². The van der Waals surface area contributed by atoms with Gasteiger partial charge in [0.05, 0.1) is 5.69 Å². The van der Waals surface area contributed by atoms with Crippen molar-refractivity contribution >= 4 is 0 Å². The van der Waals surface area contributed by atoms with Gasteiger partial charge in [-0.15, -0.1) is 0 Å². The van der Waals surface area contributed by atoms with Crippen molar-refractivity contribution in [2.75, 3.05) is 13.6 Å². The van der Waals surface area contributed by atoms with Crippen LogP contribution in [0.3, 0.4) is 0 Å². The van der Waals surface area contributed by atoms with E-state index in [0.29, 0.717) is 12.3 Å². The van der Waals surface area contributed by atoms with Crippen LogP contribution in [0.25, 0.3) is 0 Å². The molecule has 0 bridgehead atoms. The molecule has 0 saturated carbocycles. The monoisotopic (exact) mass is 198 g/mol. The summed E-state index contributed by atoms with van der Waals surface area (Å²) in [5, 5.41) is 12.6. The summed E-state index contributed by atoms with van der Waals surface area (Å²) in [4.78, 5) is 4.25. The van der Waals surface area contributed by atoms with Gasteiger partial charge in [0.15, 0.2) is 11.7 Å². The molecule has 14 heavy (non-hydrogen) atoms. The van der Waals surface area contributed by atoms with Crippen LogP contribution in [0.5, 0.6) is 0 Å². The van der Waals surface area contributed by atoms with E-state index in [9.17, 15) is 5.11 Å². The number of aliphatic hydroxyl groups excluding tert-OH is 1. The standard InChI is InChI=1S/C10H18N2O2/c1-4-5-9-12-7(2)10(14-9)8(13)6-11-3/h8,11,13H,4-6H2,1-3H3. The van der Waals surface area contributed by atoms with E-state index in [1.54, 1.807) is 7.05 Å². The average molecular weight is 198 g/mol. The number of aryl methyl sites for hydroxylation is 2. The van der Waals surface area contributed by atoms with E-state index < -0.39 is 6.10 Å². The van der Waals surface area contributed by atoms with Crippen LogP contribution in [0.4, 0.5) is 0 Å². The van der Waals surface area contributed by atoms with Gasteiger partial charge in [0, 0.05) is 13.0 Å². The molecule has 1 aromatic rings. The van der Waals surface area contributed by atoms with Gasteiger partial charge in [-0.05, 0) is 20.4 Å². The van der Waals surface area contributed by atoms with Gasteiger partial charge in [0.25, 0.3) is 0 Å². The van der Waals surface area contributed by atoms with Crippen LogP contribution in [0.15, 0.2) is 4.42 Å². The number of nitrogens with zero attached hydrogens (tertiary/aromatic N) is 1. The van der Waals surface area contributed by atoms with Crippen molar-refractivity contribution in [1.82, 2.24) is 10.3 Å². The lowest BCUT2D eigenvalue weighted by Gasteiger charge is -2.06. The second-order valence-corrected chi connectivity index (χ2v) is 3.38. The molecule has 0 spiro atoms. The zero-order valence-corrected chi connectivity index (χ0v) is 9.00. The molecule has 1 aromatic heterocycles. The molecular formula is C10H18N2O2. The Labute approximate surface area is 84.3 Å². The summed E-state index contributed by atoms with van der Waals surface area (Å²) in [6.45, 7) is 4.42. The lowest BCUT2D eigenvalue weighted by atomic mass is 10.2. The van der Waals surface area contributed by atoms with Crippen molar-refractivity contribution in [2.45, 2.75) is 32.8 Å². The number of aromatic nitrogens is 1. The van der Waals surface area contributed by atoms with Gasteiger partial charge >= 0.3 is 0 Å². The first-order chi connectivity index (χ1) is 6.69. The third kappa shape index (κ3) is 2.56. The summed E-state index contributed by atoms with van der Waals surface area (Å²) in [6.07, 6.45) is 1.23. The second-order valence-electron chi connectivity index (χ2n) is 3.38. The number of hydrogen-bond donors (Lipinski definition) is 2. The minimum Gasteiger partial charge on any atom is -0.443 e. The molecule has 0 aliphatic rings. The lowest BCUT2D eigenvalue weighted by Crippen LogP contribution is -2.16. The van der Waals surface area contributed by atoms with E-state index in [1.807, 2.05) is 6.92 Å². The van der Waals surface area contributed by atoms with Gasteiger partial charge in [-0.3, -0.25) is 0 Å². The van der Waals surface area contributed by atoms with Crippen molar-refractivity contribution in [3.05, 3.63) is 17.3 Å². The maximum absolute atomic E-state index is 9.69. The van der Waals surface area contributed by atoms with Gasteiger partial charge in [0.2, 0.25) is 0 Å². The molecule has 4 nitrogen and oxygen atoms in total. The van der Waals surface area contributed by atoms with Crippen LogP contribution in [-0.2, 0) is 6.42 Å². The van der Waals surface area contributed by atoms with E-state index in [1.165, 1.54) is 0 Å². The third-order valence-electron chi connectivity index (χ3n) is 2.04. The van der Waals surface area contributed by atoms with Crippen LogP contribution >= 0.6 is 0 Å². The van der Waals surface area contributed by atoms with Crippen molar-refractivity contribution in [2.24, 2.45) is 0 Å². The van der Waals surface area contributed by atoms with Crippen LogP contribution < -0.4 is 5.32 Å². The molecule has 0 saturated heterocycles. The van der Waals surface area contributed by atoms with Crippen molar-refractivity contribution in [1.29, 1.82) is 0 Å². The highest BCUT2D eigenvalue weighted by Crippen LogP contribution is 2.18. The predicted octanol–water partition coefficient (Wildman–Crippen LogP) is 1.19. The van der Waals surface area contributed by atoms with Crippen LogP contribution in [0.2, 0.25) is 0 Å². The third-order valence-corrected chi connectivity index (χ3v) is 2.04. The van der Waals surface area contributed by atoms with Gasteiger partial charge in [-0.1, -0.05) is 6.92 Å². The maximum Gasteiger partial charge on any atom is 0.194 e. The van der Waals surface area contributed by atoms with Gasteiger partial charge < -0.3 is 14.8 Å².